The maximum absolute atomic E-state index is 13.8. The Morgan fingerprint density at radius 2 is 1.10 bits per heavy atom. The van der Waals surface area contributed by atoms with Crippen molar-refractivity contribution < 1.29 is 19.1 Å². The molecular formula is C50H45B2O6. The Morgan fingerprint density at radius 1 is 0.569 bits per heavy atom. The number of aliphatic hydroxyl groups is 1. The third-order valence-corrected chi connectivity index (χ3v) is 12.9. The summed E-state index contributed by atoms with van der Waals surface area (Å²) in [6.07, 6.45) is 0. The predicted octanol–water partition coefficient (Wildman–Crippen LogP) is 9.01. The van der Waals surface area contributed by atoms with Crippen LogP contribution in [0.4, 0.5) is 0 Å². The highest BCUT2D eigenvalue weighted by Crippen LogP contribution is 2.50. The van der Waals surface area contributed by atoms with Crippen LogP contribution in [0.25, 0.3) is 76.5 Å². The van der Waals surface area contributed by atoms with Gasteiger partial charge in [-0.3, -0.25) is 9.59 Å². The molecule has 9 rings (SSSR count). The Labute approximate surface area is 339 Å². The average molecular weight is 764 g/mol. The largest absolute Gasteiger partial charge is 0.494 e. The van der Waals surface area contributed by atoms with E-state index < -0.39 is 40.4 Å². The van der Waals surface area contributed by atoms with Crippen molar-refractivity contribution in [3.8, 4) is 33.4 Å². The molecule has 1 heterocycles. The minimum atomic E-state index is -1.09. The van der Waals surface area contributed by atoms with Crippen molar-refractivity contribution in [3.05, 3.63) is 142 Å². The third-order valence-electron chi connectivity index (χ3n) is 12.9. The van der Waals surface area contributed by atoms with Gasteiger partial charge in [-0.1, -0.05) is 121 Å². The highest BCUT2D eigenvalue weighted by molar-refractivity contribution is 6.62. The van der Waals surface area contributed by atoms with Crippen molar-refractivity contribution in [1.29, 1.82) is 0 Å². The van der Waals surface area contributed by atoms with Gasteiger partial charge in [-0.05, 0) is 122 Å². The van der Waals surface area contributed by atoms with E-state index in [0.717, 1.165) is 76.6 Å². The number of benzene rings is 8. The van der Waals surface area contributed by atoms with Crippen LogP contribution in [0.5, 0.6) is 0 Å². The summed E-state index contributed by atoms with van der Waals surface area (Å²) in [6, 6.07) is 40.7. The first kappa shape index (κ1) is 38.2. The molecule has 8 aromatic rings. The van der Waals surface area contributed by atoms with E-state index in [1.165, 1.54) is 0 Å². The van der Waals surface area contributed by atoms with Crippen molar-refractivity contribution in [2.24, 2.45) is 0 Å². The van der Waals surface area contributed by atoms with Gasteiger partial charge in [0.1, 0.15) is 0 Å². The molecule has 0 atom stereocenters. The van der Waals surface area contributed by atoms with E-state index >= 15 is 0 Å². The van der Waals surface area contributed by atoms with Crippen LogP contribution in [0.1, 0.15) is 55.4 Å². The van der Waals surface area contributed by atoms with Crippen LogP contribution in [0.3, 0.4) is 0 Å². The van der Waals surface area contributed by atoms with Gasteiger partial charge in [0.05, 0.1) is 22.4 Å². The number of hydrogen-bond acceptors (Lipinski definition) is 6. The molecule has 0 bridgehead atoms. The molecule has 0 unspecified atom stereocenters. The first-order valence-electron chi connectivity index (χ1n) is 19.9. The van der Waals surface area contributed by atoms with Crippen LogP contribution in [-0.2, 0) is 14.0 Å². The summed E-state index contributed by atoms with van der Waals surface area (Å²) in [4.78, 5) is 27.6. The molecule has 58 heavy (non-hydrogen) atoms. The normalized spacial score (nSPS) is 15.6. The minimum absolute atomic E-state index is 0.417. The van der Waals surface area contributed by atoms with Gasteiger partial charge >= 0.3 is 14.6 Å². The summed E-state index contributed by atoms with van der Waals surface area (Å²) in [7, 11) is 1.14. The maximum atomic E-state index is 13.8. The molecular weight excluding hydrogens is 718 g/mol. The SMILES string of the molecule is CC(C)(O)C(C)(C)O[B]c1cccc(-c2cc(-c3ccccc3)c(-c3cccc(B4OC(C)(C)C(C)(C)O4)c3)c3c4cccc5c(=O)c(=O)c6cccc(c23)c6c54)c1. The lowest BCUT2D eigenvalue weighted by atomic mass is 9.75. The fourth-order valence-corrected chi connectivity index (χ4v) is 8.25. The Morgan fingerprint density at radius 3 is 1.72 bits per heavy atom. The quantitative estimate of drug-likeness (QED) is 0.0721. The van der Waals surface area contributed by atoms with Crippen LogP contribution < -0.4 is 21.8 Å². The molecule has 1 aliphatic heterocycles. The standard InChI is InChI=1S/C50H45B2O6/c1-47(2,55)48(3,4)56-51-32-20-12-18-30(26-32)39-28-38(29-16-10-9-11-17-29)40(31-19-13-21-33(27-31)52-57-49(5,6)50(7,8)58-52)44-35-23-15-25-37-42(35)41-34(43(39)44)22-14-24-36(41)45(53)46(37)54/h9-28,55H,1-8H3. The maximum Gasteiger partial charge on any atom is 0.494 e. The Kier molecular flexibility index (Phi) is 8.77. The molecule has 0 aromatic heterocycles. The van der Waals surface area contributed by atoms with Crippen molar-refractivity contribution in [1.82, 2.24) is 0 Å². The summed E-state index contributed by atoms with van der Waals surface area (Å²) in [5, 5.41) is 16.9. The molecule has 1 radical (unpaired) electrons. The summed E-state index contributed by atoms with van der Waals surface area (Å²) >= 11 is 0. The predicted molar refractivity (Wildman–Crippen MR) is 240 cm³/mol. The third kappa shape index (κ3) is 5.96. The molecule has 8 aromatic carbocycles. The smallest absolute Gasteiger partial charge is 0.427 e. The second kappa shape index (κ2) is 13.3. The van der Waals surface area contributed by atoms with Crippen molar-refractivity contribution >= 4 is 68.6 Å². The number of hydrogen-bond donors (Lipinski definition) is 1. The van der Waals surface area contributed by atoms with Crippen LogP contribution in [0, 0.1) is 0 Å². The molecule has 1 aliphatic rings. The van der Waals surface area contributed by atoms with Crippen LogP contribution in [0.2, 0.25) is 0 Å². The van der Waals surface area contributed by atoms with Crippen LogP contribution in [-0.4, -0.2) is 42.1 Å². The van der Waals surface area contributed by atoms with E-state index in [-0.39, 0.29) is 0 Å². The molecule has 287 valence electrons. The Balaban J connectivity index is 1.41. The van der Waals surface area contributed by atoms with E-state index in [1.807, 2.05) is 62.4 Å². The zero-order chi connectivity index (χ0) is 40.9. The zero-order valence-corrected chi connectivity index (χ0v) is 34.2. The average Bonchev–Trinajstić information content (AvgIpc) is 3.43. The lowest BCUT2D eigenvalue weighted by Crippen LogP contribution is -2.49. The van der Waals surface area contributed by atoms with Gasteiger partial charge in [0, 0.05) is 21.5 Å². The van der Waals surface area contributed by atoms with Crippen LogP contribution in [0.15, 0.2) is 131 Å². The lowest BCUT2D eigenvalue weighted by molar-refractivity contribution is -0.0893. The van der Waals surface area contributed by atoms with Gasteiger partial charge in [-0.15, -0.1) is 0 Å². The van der Waals surface area contributed by atoms with Gasteiger partial charge in [-0.25, -0.2) is 0 Å². The molecule has 0 amide bonds. The number of fused-ring (bicyclic) bond motifs is 3. The molecule has 1 saturated heterocycles. The minimum Gasteiger partial charge on any atom is -0.427 e. The summed E-state index contributed by atoms with van der Waals surface area (Å²) < 4.78 is 19.3. The van der Waals surface area contributed by atoms with Crippen molar-refractivity contribution in [3.63, 3.8) is 0 Å². The van der Waals surface area contributed by atoms with Crippen LogP contribution >= 0.6 is 0 Å². The molecule has 0 saturated carbocycles. The Bertz CT molecular complexity index is 3010. The highest BCUT2D eigenvalue weighted by atomic mass is 16.7. The molecule has 1 N–H and O–H groups in total. The second-order valence-corrected chi connectivity index (χ2v) is 17.7. The monoisotopic (exact) mass is 763 g/mol. The van der Waals surface area contributed by atoms with Gasteiger partial charge in [0.15, 0.2) is 0 Å². The van der Waals surface area contributed by atoms with E-state index in [0.29, 0.717) is 10.8 Å². The summed E-state index contributed by atoms with van der Waals surface area (Å²) in [5.41, 5.74) is 3.67. The summed E-state index contributed by atoms with van der Waals surface area (Å²) in [6.45, 7) is 15.4. The second-order valence-electron chi connectivity index (χ2n) is 17.7. The van der Waals surface area contributed by atoms with E-state index in [2.05, 4.69) is 88.4 Å². The molecule has 6 nitrogen and oxygen atoms in total. The van der Waals surface area contributed by atoms with Gasteiger partial charge in [0.25, 0.3) is 0 Å². The summed E-state index contributed by atoms with van der Waals surface area (Å²) in [5.74, 6) is 0. The van der Waals surface area contributed by atoms with Gasteiger partial charge in [-0.2, -0.15) is 0 Å². The Hall–Kier alpha value is -5.37. The van der Waals surface area contributed by atoms with Crippen molar-refractivity contribution in [2.75, 3.05) is 0 Å². The van der Waals surface area contributed by atoms with E-state index in [4.69, 9.17) is 14.0 Å². The first-order chi connectivity index (χ1) is 27.5. The highest BCUT2D eigenvalue weighted by Gasteiger charge is 2.51. The molecule has 0 aliphatic carbocycles. The molecule has 0 spiro atoms. The first-order valence-corrected chi connectivity index (χ1v) is 19.9. The van der Waals surface area contributed by atoms with Gasteiger partial charge < -0.3 is 19.1 Å². The van der Waals surface area contributed by atoms with Crippen molar-refractivity contribution in [2.45, 2.75) is 77.8 Å². The lowest BCUT2D eigenvalue weighted by Gasteiger charge is -2.37. The van der Waals surface area contributed by atoms with Gasteiger partial charge in [0.2, 0.25) is 10.9 Å². The molecule has 8 heteroatoms. The van der Waals surface area contributed by atoms with E-state index in [1.54, 1.807) is 33.5 Å². The fourth-order valence-electron chi connectivity index (χ4n) is 8.25. The number of rotatable bonds is 8. The molecule has 1 fully saturated rings. The van der Waals surface area contributed by atoms with E-state index in [9.17, 15) is 14.7 Å². The topological polar surface area (TPSA) is 82.1 Å². The fraction of sp³-hybridized carbons (Fsp3) is 0.240. The zero-order valence-electron chi connectivity index (χ0n) is 34.2.